The average Bonchev–Trinajstić information content (AvgIpc) is 3.16. The van der Waals surface area contributed by atoms with Gasteiger partial charge in [0.1, 0.15) is 11.5 Å². The summed E-state index contributed by atoms with van der Waals surface area (Å²) in [5.74, 6) is -1.01. The molecule has 2 N–H and O–H groups in total. The highest BCUT2D eigenvalue weighted by molar-refractivity contribution is 6.33. The highest BCUT2D eigenvalue weighted by Crippen LogP contribution is 2.27. The highest BCUT2D eigenvalue weighted by Gasteiger charge is 2.12. The minimum absolute atomic E-state index is 0.0207. The van der Waals surface area contributed by atoms with Crippen molar-refractivity contribution in [3.63, 3.8) is 0 Å². The van der Waals surface area contributed by atoms with Gasteiger partial charge in [0.2, 0.25) is 0 Å². The highest BCUT2D eigenvalue weighted by atomic mass is 35.5. The molecule has 0 spiro atoms. The van der Waals surface area contributed by atoms with Crippen molar-refractivity contribution < 1.29 is 24.0 Å². The molecule has 1 aromatic heterocycles. The molecule has 0 atom stereocenters. The Morgan fingerprint density at radius 1 is 1.17 bits per heavy atom. The Morgan fingerprint density at radius 2 is 1.97 bits per heavy atom. The van der Waals surface area contributed by atoms with Gasteiger partial charge in [0.25, 0.3) is 11.6 Å². The van der Waals surface area contributed by atoms with Gasteiger partial charge < -0.3 is 9.52 Å². The van der Waals surface area contributed by atoms with Crippen LogP contribution < -0.4 is 5.43 Å². The zero-order valence-corrected chi connectivity index (χ0v) is 15.3. The first-order valence-corrected chi connectivity index (χ1v) is 8.44. The summed E-state index contributed by atoms with van der Waals surface area (Å²) >= 11 is 5.95. The van der Waals surface area contributed by atoms with E-state index in [0.717, 1.165) is 6.07 Å². The molecule has 1 heterocycles. The molecule has 0 fully saturated rings. The minimum Gasteiger partial charge on any atom is -0.478 e. The predicted molar refractivity (Wildman–Crippen MR) is 104 cm³/mol. The third-order valence-electron chi connectivity index (χ3n) is 3.79. The summed E-state index contributed by atoms with van der Waals surface area (Å²) in [6.45, 7) is 0. The van der Waals surface area contributed by atoms with E-state index in [9.17, 15) is 19.7 Å². The number of nitrogens with zero attached hydrogens (tertiary/aromatic N) is 2. The van der Waals surface area contributed by atoms with E-state index < -0.39 is 16.8 Å². The van der Waals surface area contributed by atoms with Gasteiger partial charge in [-0.1, -0.05) is 23.7 Å². The largest absolute Gasteiger partial charge is 0.478 e. The van der Waals surface area contributed by atoms with Crippen molar-refractivity contribution in [2.24, 2.45) is 5.10 Å². The van der Waals surface area contributed by atoms with Gasteiger partial charge in [-0.2, -0.15) is 5.10 Å². The number of amides is 1. The number of halogens is 1. The molecular formula is C19H12ClN3O6. The smallest absolute Gasteiger partial charge is 0.337 e. The maximum atomic E-state index is 12.0. The van der Waals surface area contributed by atoms with Gasteiger partial charge in [0.05, 0.1) is 21.7 Å². The van der Waals surface area contributed by atoms with Gasteiger partial charge in [-0.25, -0.2) is 10.2 Å². The van der Waals surface area contributed by atoms with Gasteiger partial charge in [0.15, 0.2) is 0 Å². The number of nitro benzene ring substituents is 1. The SMILES string of the molecule is O=C(N/N=C\c1ccc(-c2ccc(C(=O)O)c(Cl)c2)o1)c1cccc([N+](=O)[O-])c1. The number of nitrogens with one attached hydrogen (secondary N) is 1. The number of hydrogen-bond donors (Lipinski definition) is 2. The molecule has 0 radical (unpaired) electrons. The topological polar surface area (TPSA) is 135 Å². The van der Waals surface area contributed by atoms with Crippen molar-refractivity contribution in [3.05, 3.63) is 86.6 Å². The van der Waals surface area contributed by atoms with Crippen LogP contribution in [0.4, 0.5) is 5.69 Å². The van der Waals surface area contributed by atoms with E-state index in [-0.39, 0.29) is 21.8 Å². The fourth-order valence-corrected chi connectivity index (χ4v) is 2.66. The number of hydrogen-bond acceptors (Lipinski definition) is 6. The van der Waals surface area contributed by atoms with Gasteiger partial charge >= 0.3 is 5.97 Å². The standard InChI is InChI=1S/C19H12ClN3O6/c20-16-9-11(4-6-15(16)19(25)26)17-7-5-14(29-17)10-21-22-18(24)12-2-1-3-13(8-12)23(27)28/h1-10H,(H,22,24)(H,25,26)/b21-10-. The third kappa shape index (κ3) is 4.66. The molecule has 0 aliphatic rings. The Kier molecular flexibility index (Phi) is 5.70. The van der Waals surface area contributed by atoms with E-state index in [4.69, 9.17) is 21.1 Å². The number of furan rings is 1. The van der Waals surface area contributed by atoms with Gasteiger partial charge in [0, 0.05) is 23.3 Å². The quantitative estimate of drug-likeness (QED) is 0.356. The number of aromatic carboxylic acids is 1. The fraction of sp³-hybridized carbons (Fsp3) is 0. The summed E-state index contributed by atoms with van der Waals surface area (Å²) in [5.41, 5.74) is 2.69. The number of non-ortho nitro benzene ring substituents is 1. The molecule has 0 saturated heterocycles. The lowest BCUT2D eigenvalue weighted by molar-refractivity contribution is -0.384. The number of hydrazone groups is 1. The summed E-state index contributed by atoms with van der Waals surface area (Å²) in [6.07, 6.45) is 1.26. The van der Waals surface area contributed by atoms with Crippen LogP contribution in [0.2, 0.25) is 5.02 Å². The lowest BCUT2D eigenvalue weighted by Crippen LogP contribution is -2.17. The number of rotatable bonds is 6. The molecule has 2 aromatic carbocycles. The molecule has 3 rings (SSSR count). The van der Waals surface area contributed by atoms with Gasteiger partial charge in [-0.15, -0.1) is 0 Å². The van der Waals surface area contributed by atoms with Crippen LogP contribution in [0, 0.1) is 10.1 Å². The molecule has 29 heavy (non-hydrogen) atoms. The molecule has 3 aromatic rings. The first-order valence-electron chi connectivity index (χ1n) is 8.06. The maximum absolute atomic E-state index is 12.0. The van der Waals surface area contributed by atoms with Crippen LogP contribution in [-0.2, 0) is 0 Å². The lowest BCUT2D eigenvalue weighted by Gasteiger charge is -2.01. The van der Waals surface area contributed by atoms with Crippen molar-refractivity contribution in [1.29, 1.82) is 0 Å². The molecule has 146 valence electrons. The number of benzene rings is 2. The van der Waals surface area contributed by atoms with Crippen molar-refractivity contribution in [3.8, 4) is 11.3 Å². The molecule has 0 bridgehead atoms. The van der Waals surface area contributed by atoms with Crippen LogP contribution in [0.15, 0.2) is 64.1 Å². The number of carbonyl (C=O) groups is 2. The Hall–Kier alpha value is -3.98. The monoisotopic (exact) mass is 413 g/mol. The van der Waals surface area contributed by atoms with E-state index in [1.54, 1.807) is 18.2 Å². The van der Waals surface area contributed by atoms with Crippen LogP contribution in [0.5, 0.6) is 0 Å². The molecule has 0 saturated carbocycles. The number of carboxylic acid groups (broad SMARTS) is 1. The zero-order valence-electron chi connectivity index (χ0n) is 14.5. The van der Waals surface area contributed by atoms with Crippen LogP contribution in [0.3, 0.4) is 0 Å². The number of carboxylic acids is 1. The van der Waals surface area contributed by atoms with Crippen molar-refractivity contribution in [2.45, 2.75) is 0 Å². The minimum atomic E-state index is -1.13. The lowest BCUT2D eigenvalue weighted by atomic mass is 10.1. The van der Waals surface area contributed by atoms with Gasteiger partial charge in [-0.3, -0.25) is 14.9 Å². The van der Waals surface area contributed by atoms with Crippen LogP contribution >= 0.6 is 11.6 Å². The second-order valence-electron chi connectivity index (χ2n) is 5.71. The van der Waals surface area contributed by atoms with Crippen molar-refractivity contribution in [2.75, 3.05) is 0 Å². The summed E-state index contributed by atoms with van der Waals surface area (Å²) in [5, 5.41) is 23.6. The number of carbonyl (C=O) groups excluding carboxylic acids is 1. The Bertz CT molecular complexity index is 1140. The zero-order chi connectivity index (χ0) is 21.0. The maximum Gasteiger partial charge on any atom is 0.337 e. The second kappa shape index (κ2) is 8.36. The third-order valence-corrected chi connectivity index (χ3v) is 4.10. The fourth-order valence-electron chi connectivity index (χ4n) is 2.40. The van der Waals surface area contributed by atoms with Gasteiger partial charge in [-0.05, 0) is 30.3 Å². The summed E-state index contributed by atoms with van der Waals surface area (Å²) in [6, 6.07) is 12.9. The number of nitro groups is 1. The van der Waals surface area contributed by atoms with Crippen molar-refractivity contribution in [1.82, 2.24) is 5.43 Å². The first-order chi connectivity index (χ1) is 13.8. The normalized spacial score (nSPS) is 10.8. The predicted octanol–water partition coefficient (Wildman–Crippen LogP) is 3.97. The van der Waals surface area contributed by atoms with E-state index in [1.165, 1.54) is 36.5 Å². The second-order valence-corrected chi connectivity index (χ2v) is 6.12. The van der Waals surface area contributed by atoms with E-state index in [1.807, 2.05) is 0 Å². The molecule has 0 aliphatic heterocycles. The average molecular weight is 414 g/mol. The van der Waals surface area contributed by atoms with Crippen molar-refractivity contribution >= 4 is 35.4 Å². The molecule has 0 unspecified atom stereocenters. The van der Waals surface area contributed by atoms with Crippen LogP contribution in [-0.4, -0.2) is 28.1 Å². The van der Waals surface area contributed by atoms with E-state index in [0.29, 0.717) is 17.1 Å². The van der Waals surface area contributed by atoms with Crippen LogP contribution in [0.1, 0.15) is 26.5 Å². The van der Waals surface area contributed by atoms with Crippen LogP contribution in [0.25, 0.3) is 11.3 Å². The Balaban J connectivity index is 1.68. The molecular weight excluding hydrogens is 402 g/mol. The van der Waals surface area contributed by atoms with E-state index in [2.05, 4.69) is 10.5 Å². The molecule has 0 aliphatic carbocycles. The molecule has 10 heteroatoms. The summed E-state index contributed by atoms with van der Waals surface area (Å²) < 4.78 is 5.57. The molecule has 1 amide bonds. The van der Waals surface area contributed by atoms with E-state index >= 15 is 0 Å². The summed E-state index contributed by atoms with van der Waals surface area (Å²) in [4.78, 5) is 33.2. The Labute approximate surface area is 168 Å². The summed E-state index contributed by atoms with van der Waals surface area (Å²) in [7, 11) is 0. The first kappa shape index (κ1) is 19.8. The Morgan fingerprint density at radius 3 is 2.66 bits per heavy atom. The molecule has 9 nitrogen and oxygen atoms in total.